The van der Waals surface area contributed by atoms with Gasteiger partial charge in [-0.1, -0.05) is 38.7 Å². The summed E-state index contributed by atoms with van der Waals surface area (Å²) in [5.74, 6) is -0.310. The lowest BCUT2D eigenvalue weighted by Crippen LogP contribution is -2.36. The van der Waals surface area contributed by atoms with Crippen molar-refractivity contribution in [3.8, 4) is 0 Å². The highest BCUT2D eigenvalue weighted by Crippen LogP contribution is 2.13. The average molecular weight is 280 g/mol. The molecule has 1 rings (SSSR count). The van der Waals surface area contributed by atoms with E-state index in [0.717, 1.165) is 12.8 Å². The van der Waals surface area contributed by atoms with E-state index in [2.05, 4.69) is 17.6 Å². The first kappa shape index (κ1) is 16.5. The monoisotopic (exact) mass is 280 g/mol. The molecule has 0 radical (unpaired) electrons. The van der Waals surface area contributed by atoms with Gasteiger partial charge in [-0.2, -0.15) is 0 Å². The Balaban J connectivity index is 2.33. The van der Waals surface area contributed by atoms with Crippen LogP contribution in [0.4, 0.5) is 14.9 Å². The first-order valence-electron chi connectivity index (χ1n) is 7.36. The van der Waals surface area contributed by atoms with Crippen molar-refractivity contribution in [1.29, 1.82) is 0 Å². The van der Waals surface area contributed by atoms with Gasteiger partial charge >= 0.3 is 6.03 Å². The van der Waals surface area contributed by atoms with E-state index in [1.165, 1.54) is 25.3 Å². The van der Waals surface area contributed by atoms with Gasteiger partial charge in [-0.15, -0.1) is 0 Å². The molecule has 0 saturated heterocycles. The minimum absolute atomic E-state index is 0.127. The lowest BCUT2D eigenvalue weighted by molar-refractivity contribution is 0.248. The molecule has 0 aliphatic carbocycles. The standard InChI is InChI=1S/C16H25FN2O/c1-4-5-6-7-8-13(3)18-16(20)19-14-10-9-12(2)15(17)11-14/h9-11,13H,4-8H2,1-3H3,(H2,18,19,20)/t13-/m1/s1. The summed E-state index contributed by atoms with van der Waals surface area (Å²) in [6, 6.07) is 4.53. The summed E-state index contributed by atoms with van der Waals surface area (Å²) in [6.07, 6.45) is 5.74. The summed E-state index contributed by atoms with van der Waals surface area (Å²) in [7, 11) is 0. The molecule has 0 unspecified atom stereocenters. The zero-order valence-corrected chi connectivity index (χ0v) is 12.6. The quantitative estimate of drug-likeness (QED) is 0.703. The SMILES string of the molecule is CCCCCC[C@@H](C)NC(=O)Nc1ccc(C)c(F)c1. The van der Waals surface area contributed by atoms with Gasteiger partial charge in [0.15, 0.2) is 0 Å². The van der Waals surface area contributed by atoms with Gasteiger partial charge in [-0.3, -0.25) is 0 Å². The number of carbonyl (C=O) groups excluding carboxylic acids is 1. The highest BCUT2D eigenvalue weighted by atomic mass is 19.1. The van der Waals surface area contributed by atoms with E-state index >= 15 is 0 Å². The van der Waals surface area contributed by atoms with Crippen LogP contribution >= 0.6 is 0 Å². The lowest BCUT2D eigenvalue weighted by Gasteiger charge is -2.14. The highest BCUT2D eigenvalue weighted by molar-refractivity contribution is 5.89. The first-order chi connectivity index (χ1) is 9.52. The number of urea groups is 1. The van der Waals surface area contributed by atoms with Crippen molar-refractivity contribution >= 4 is 11.7 Å². The molecule has 1 aromatic rings. The maximum Gasteiger partial charge on any atom is 0.319 e. The maximum absolute atomic E-state index is 13.4. The van der Waals surface area contributed by atoms with E-state index in [1.807, 2.05) is 6.92 Å². The second kappa shape index (κ2) is 8.56. The van der Waals surface area contributed by atoms with Crippen LogP contribution in [0.15, 0.2) is 18.2 Å². The smallest absolute Gasteiger partial charge is 0.319 e. The minimum atomic E-state index is -0.310. The second-order valence-electron chi connectivity index (χ2n) is 5.31. The van der Waals surface area contributed by atoms with Crippen molar-refractivity contribution in [2.24, 2.45) is 0 Å². The van der Waals surface area contributed by atoms with Crippen LogP contribution in [0.1, 0.15) is 51.5 Å². The van der Waals surface area contributed by atoms with E-state index in [9.17, 15) is 9.18 Å². The molecule has 1 atom stereocenters. The molecule has 0 aliphatic heterocycles. The molecular weight excluding hydrogens is 255 g/mol. The van der Waals surface area contributed by atoms with Gasteiger partial charge < -0.3 is 10.6 Å². The molecule has 4 heteroatoms. The van der Waals surface area contributed by atoms with Gasteiger partial charge in [0.05, 0.1) is 0 Å². The number of halogens is 1. The fraction of sp³-hybridized carbons (Fsp3) is 0.562. The van der Waals surface area contributed by atoms with Crippen molar-refractivity contribution < 1.29 is 9.18 Å². The van der Waals surface area contributed by atoms with Crippen LogP contribution < -0.4 is 10.6 Å². The molecule has 0 fully saturated rings. The summed E-state index contributed by atoms with van der Waals surface area (Å²) in [5, 5.41) is 5.52. The van der Waals surface area contributed by atoms with Gasteiger partial charge in [0.2, 0.25) is 0 Å². The summed E-state index contributed by atoms with van der Waals surface area (Å²) in [5.41, 5.74) is 1.05. The van der Waals surface area contributed by atoms with Crippen LogP contribution in [0.2, 0.25) is 0 Å². The number of rotatable bonds is 7. The Kier molecular flexibility index (Phi) is 7.05. The number of hydrogen-bond acceptors (Lipinski definition) is 1. The predicted octanol–water partition coefficient (Wildman–Crippen LogP) is 4.61. The van der Waals surface area contributed by atoms with Crippen molar-refractivity contribution in [3.05, 3.63) is 29.6 Å². The number of benzene rings is 1. The third-order valence-corrected chi connectivity index (χ3v) is 3.30. The second-order valence-corrected chi connectivity index (χ2v) is 5.31. The molecule has 1 aromatic carbocycles. The summed E-state index contributed by atoms with van der Waals surface area (Å²) in [4.78, 5) is 11.8. The lowest BCUT2D eigenvalue weighted by atomic mass is 10.1. The van der Waals surface area contributed by atoms with Crippen molar-refractivity contribution in [3.63, 3.8) is 0 Å². The molecule has 2 amide bonds. The van der Waals surface area contributed by atoms with Crippen LogP contribution in [-0.2, 0) is 0 Å². The Labute approximate surface area is 121 Å². The number of carbonyl (C=O) groups is 1. The van der Waals surface area contributed by atoms with E-state index in [-0.39, 0.29) is 17.9 Å². The summed E-state index contributed by atoms with van der Waals surface area (Å²) >= 11 is 0. The van der Waals surface area contributed by atoms with Gasteiger partial charge in [0.25, 0.3) is 0 Å². The van der Waals surface area contributed by atoms with Crippen LogP contribution in [-0.4, -0.2) is 12.1 Å². The Morgan fingerprint density at radius 3 is 2.70 bits per heavy atom. The summed E-state index contributed by atoms with van der Waals surface area (Å²) < 4.78 is 13.4. The molecule has 3 nitrogen and oxygen atoms in total. The molecule has 20 heavy (non-hydrogen) atoms. The largest absolute Gasteiger partial charge is 0.335 e. The van der Waals surface area contributed by atoms with Gasteiger partial charge in [-0.05, 0) is 38.0 Å². The molecule has 0 spiro atoms. The normalized spacial score (nSPS) is 12.0. The highest BCUT2D eigenvalue weighted by Gasteiger charge is 2.08. The van der Waals surface area contributed by atoms with Gasteiger partial charge in [-0.25, -0.2) is 9.18 Å². The molecule has 0 saturated carbocycles. The number of anilines is 1. The van der Waals surface area contributed by atoms with Gasteiger partial charge in [0.1, 0.15) is 5.82 Å². The number of amides is 2. The topological polar surface area (TPSA) is 41.1 Å². The molecular formula is C16H25FN2O. The van der Waals surface area contributed by atoms with E-state index in [4.69, 9.17) is 0 Å². The van der Waals surface area contributed by atoms with E-state index in [1.54, 1.807) is 19.1 Å². The van der Waals surface area contributed by atoms with Gasteiger partial charge in [0, 0.05) is 11.7 Å². The number of hydrogen-bond donors (Lipinski definition) is 2. The fourth-order valence-corrected chi connectivity index (χ4v) is 2.01. The number of nitrogens with one attached hydrogen (secondary N) is 2. The molecule has 0 bridgehead atoms. The third kappa shape index (κ3) is 6.04. The first-order valence-corrected chi connectivity index (χ1v) is 7.36. The Morgan fingerprint density at radius 1 is 1.30 bits per heavy atom. The zero-order chi connectivity index (χ0) is 15.0. The fourth-order valence-electron chi connectivity index (χ4n) is 2.01. The van der Waals surface area contributed by atoms with Crippen LogP contribution in [0.5, 0.6) is 0 Å². The maximum atomic E-state index is 13.4. The van der Waals surface area contributed by atoms with Crippen molar-refractivity contribution in [1.82, 2.24) is 5.32 Å². The van der Waals surface area contributed by atoms with Crippen molar-refractivity contribution in [2.45, 2.75) is 58.9 Å². The Hall–Kier alpha value is -1.58. The molecule has 0 aliphatic rings. The molecule has 0 heterocycles. The number of unbranched alkanes of at least 4 members (excludes halogenated alkanes) is 3. The van der Waals surface area contributed by atoms with E-state index < -0.39 is 0 Å². The average Bonchev–Trinajstić information content (AvgIpc) is 2.39. The zero-order valence-electron chi connectivity index (χ0n) is 12.6. The predicted molar refractivity (Wildman–Crippen MR) is 81.5 cm³/mol. The van der Waals surface area contributed by atoms with Crippen LogP contribution in [0.3, 0.4) is 0 Å². The van der Waals surface area contributed by atoms with Crippen LogP contribution in [0.25, 0.3) is 0 Å². The summed E-state index contributed by atoms with van der Waals surface area (Å²) in [6.45, 7) is 5.86. The van der Waals surface area contributed by atoms with E-state index in [0.29, 0.717) is 11.3 Å². The molecule has 0 aromatic heterocycles. The number of aryl methyl sites for hydroxylation is 1. The molecule has 112 valence electrons. The van der Waals surface area contributed by atoms with Crippen LogP contribution in [0, 0.1) is 12.7 Å². The minimum Gasteiger partial charge on any atom is -0.335 e. The Bertz CT molecular complexity index is 434. The van der Waals surface area contributed by atoms with Crippen molar-refractivity contribution in [2.75, 3.05) is 5.32 Å². The third-order valence-electron chi connectivity index (χ3n) is 3.30. The molecule has 2 N–H and O–H groups in total. The Morgan fingerprint density at radius 2 is 2.05 bits per heavy atom.